The van der Waals surface area contributed by atoms with Gasteiger partial charge in [0.25, 0.3) is 0 Å². The summed E-state index contributed by atoms with van der Waals surface area (Å²) in [6, 6.07) is 5.49. The summed E-state index contributed by atoms with van der Waals surface area (Å²) in [5.74, 6) is 0.0283. The molecule has 0 aromatic heterocycles. The van der Waals surface area contributed by atoms with Crippen molar-refractivity contribution in [1.82, 2.24) is 9.62 Å². The van der Waals surface area contributed by atoms with Gasteiger partial charge in [0.2, 0.25) is 15.9 Å². The average molecular weight is 338 g/mol. The Morgan fingerprint density at radius 1 is 1.30 bits per heavy atom. The lowest BCUT2D eigenvalue weighted by atomic mass is 10.0. The van der Waals surface area contributed by atoms with Gasteiger partial charge >= 0.3 is 0 Å². The van der Waals surface area contributed by atoms with Crippen molar-refractivity contribution in [3.63, 3.8) is 0 Å². The van der Waals surface area contributed by atoms with Crippen molar-refractivity contribution in [2.24, 2.45) is 0 Å². The molecule has 1 heterocycles. The first kappa shape index (κ1) is 17.9. The van der Waals surface area contributed by atoms with Crippen LogP contribution in [0.4, 0.5) is 0 Å². The first-order valence-corrected chi connectivity index (χ1v) is 9.66. The Bertz CT molecular complexity index is 670. The summed E-state index contributed by atoms with van der Waals surface area (Å²) in [5, 5.41) is 0. The number of hydrogen-bond acceptors (Lipinski definition) is 3. The van der Waals surface area contributed by atoms with Gasteiger partial charge < -0.3 is 4.90 Å². The Morgan fingerprint density at radius 3 is 2.70 bits per heavy atom. The lowest BCUT2D eigenvalue weighted by molar-refractivity contribution is -0.134. The topological polar surface area (TPSA) is 66.5 Å². The molecule has 5 nitrogen and oxygen atoms in total. The van der Waals surface area contributed by atoms with Crippen molar-refractivity contribution in [3.05, 3.63) is 29.3 Å². The van der Waals surface area contributed by atoms with Crippen molar-refractivity contribution in [2.45, 2.75) is 57.4 Å². The van der Waals surface area contributed by atoms with Gasteiger partial charge in [0.05, 0.1) is 4.90 Å². The molecule has 0 saturated carbocycles. The fraction of sp³-hybridized carbons (Fsp3) is 0.588. The number of nitrogens with zero attached hydrogens (tertiary/aromatic N) is 1. The number of rotatable bonds is 5. The second-order valence-corrected chi connectivity index (χ2v) is 8.08. The quantitative estimate of drug-likeness (QED) is 0.896. The minimum absolute atomic E-state index is 0.0283. The van der Waals surface area contributed by atoms with E-state index in [2.05, 4.69) is 11.6 Å². The summed E-state index contributed by atoms with van der Waals surface area (Å²) in [5.41, 5.74) is 1.74. The Hall–Kier alpha value is -1.40. The summed E-state index contributed by atoms with van der Waals surface area (Å²) < 4.78 is 27.2. The maximum atomic E-state index is 12.4. The third-order valence-corrected chi connectivity index (χ3v) is 6.00. The zero-order chi connectivity index (χ0) is 17.0. The maximum absolute atomic E-state index is 12.4. The summed E-state index contributed by atoms with van der Waals surface area (Å²) in [7, 11) is -3.57. The minimum atomic E-state index is -3.57. The molecule has 128 valence electrons. The molecule has 1 fully saturated rings. The predicted octanol–water partition coefficient (Wildman–Crippen LogP) is 2.37. The highest BCUT2D eigenvalue weighted by molar-refractivity contribution is 7.89. The molecule has 0 radical (unpaired) electrons. The van der Waals surface area contributed by atoms with Crippen LogP contribution in [-0.2, 0) is 14.8 Å². The van der Waals surface area contributed by atoms with Crippen molar-refractivity contribution in [1.29, 1.82) is 0 Å². The molecule has 0 aliphatic carbocycles. The zero-order valence-corrected chi connectivity index (χ0v) is 14.9. The standard InChI is InChI=1S/C17H26N2O3S/c1-13-7-8-16(14(2)12-13)23(21,22)18-10-9-17(20)19-11-5-4-6-15(19)3/h7-8,12,15,18H,4-6,9-11H2,1-3H3. The van der Waals surface area contributed by atoms with Crippen LogP contribution < -0.4 is 4.72 Å². The molecular weight excluding hydrogens is 312 g/mol. The summed E-state index contributed by atoms with van der Waals surface area (Å²) in [6.45, 7) is 6.68. The van der Waals surface area contributed by atoms with Gasteiger partial charge in [-0.15, -0.1) is 0 Å². The Balaban J connectivity index is 1.93. The number of sulfonamides is 1. The highest BCUT2D eigenvalue weighted by Gasteiger charge is 2.23. The van der Waals surface area contributed by atoms with Crippen LogP contribution in [0.3, 0.4) is 0 Å². The number of piperidine rings is 1. The molecule has 1 aromatic carbocycles. The Kier molecular flexibility index (Phi) is 5.81. The van der Waals surface area contributed by atoms with Crippen molar-refractivity contribution in [3.8, 4) is 0 Å². The number of hydrogen-bond donors (Lipinski definition) is 1. The van der Waals surface area contributed by atoms with Gasteiger partial charge in [0.1, 0.15) is 0 Å². The monoisotopic (exact) mass is 338 g/mol. The molecule has 1 amide bonds. The lowest BCUT2D eigenvalue weighted by Crippen LogP contribution is -2.43. The van der Waals surface area contributed by atoms with E-state index in [0.29, 0.717) is 5.56 Å². The number of carbonyl (C=O) groups is 1. The molecule has 0 bridgehead atoms. The molecule has 1 saturated heterocycles. The van der Waals surface area contributed by atoms with E-state index in [1.54, 1.807) is 19.1 Å². The van der Waals surface area contributed by atoms with Crippen LogP contribution in [0.25, 0.3) is 0 Å². The van der Waals surface area contributed by atoms with E-state index in [9.17, 15) is 13.2 Å². The van der Waals surface area contributed by atoms with Gasteiger partial charge in [0, 0.05) is 25.6 Å². The first-order chi connectivity index (χ1) is 10.8. The third-order valence-electron chi connectivity index (χ3n) is 4.37. The number of amides is 1. The van der Waals surface area contributed by atoms with Crippen LogP contribution in [0.1, 0.15) is 43.7 Å². The van der Waals surface area contributed by atoms with Gasteiger partial charge in [-0.05, 0) is 51.7 Å². The average Bonchev–Trinajstić information content (AvgIpc) is 2.46. The van der Waals surface area contributed by atoms with Gasteiger partial charge in [0.15, 0.2) is 0 Å². The molecule has 1 aliphatic rings. The van der Waals surface area contributed by atoms with Crippen LogP contribution in [0, 0.1) is 13.8 Å². The van der Waals surface area contributed by atoms with Crippen LogP contribution in [-0.4, -0.2) is 38.4 Å². The smallest absolute Gasteiger partial charge is 0.240 e. The fourth-order valence-electron chi connectivity index (χ4n) is 3.08. The number of likely N-dealkylation sites (tertiary alicyclic amines) is 1. The van der Waals surface area contributed by atoms with Gasteiger partial charge in [-0.2, -0.15) is 0 Å². The van der Waals surface area contributed by atoms with E-state index < -0.39 is 10.0 Å². The van der Waals surface area contributed by atoms with E-state index in [0.717, 1.165) is 31.4 Å². The van der Waals surface area contributed by atoms with Crippen LogP contribution in [0.15, 0.2) is 23.1 Å². The molecule has 1 aliphatic heterocycles. The molecule has 23 heavy (non-hydrogen) atoms. The highest BCUT2D eigenvalue weighted by Crippen LogP contribution is 2.18. The van der Waals surface area contributed by atoms with E-state index in [4.69, 9.17) is 0 Å². The summed E-state index contributed by atoms with van der Waals surface area (Å²) in [6.07, 6.45) is 3.42. The molecule has 6 heteroatoms. The minimum Gasteiger partial charge on any atom is -0.340 e. The van der Waals surface area contributed by atoms with E-state index in [-0.39, 0.29) is 29.8 Å². The lowest BCUT2D eigenvalue weighted by Gasteiger charge is -2.33. The van der Waals surface area contributed by atoms with Gasteiger partial charge in [-0.25, -0.2) is 13.1 Å². The van der Waals surface area contributed by atoms with Crippen molar-refractivity contribution < 1.29 is 13.2 Å². The summed E-state index contributed by atoms with van der Waals surface area (Å²) in [4.78, 5) is 14.4. The SMILES string of the molecule is Cc1ccc(S(=O)(=O)NCCC(=O)N2CCCCC2C)c(C)c1. The number of aryl methyl sites for hydroxylation is 2. The third kappa shape index (κ3) is 4.54. The molecule has 1 unspecified atom stereocenters. The summed E-state index contributed by atoms with van der Waals surface area (Å²) >= 11 is 0. The number of benzene rings is 1. The van der Waals surface area contributed by atoms with E-state index >= 15 is 0 Å². The van der Waals surface area contributed by atoms with Crippen molar-refractivity contribution in [2.75, 3.05) is 13.1 Å². The Labute approximate surface area is 139 Å². The second kappa shape index (κ2) is 7.45. The largest absolute Gasteiger partial charge is 0.340 e. The molecule has 1 aromatic rings. The molecule has 1 atom stereocenters. The van der Waals surface area contributed by atoms with Gasteiger partial charge in [-0.1, -0.05) is 17.7 Å². The normalized spacial score (nSPS) is 18.9. The zero-order valence-electron chi connectivity index (χ0n) is 14.1. The van der Waals surface area contributed by atoms with Gasteiger partial charge in [-0.3, -0.25) is 4.79 Å². The van der Waals surface area contributed by atoms with Crippen LogP contribution >= 0.6 is 0 Å². The predicted molar refractivity (Wildman–Crippen MR) is 90.7 cm³/mol. The van der Waals surface area contributed by atoms with Crippen molar-refractivity contribution >= 4 is 15.9 Å². The van der Waals surface area contributed by atoms with E-state index in [1.165, 1.54) is 0 Å². The molecule has 1 N–H and O–H groups in total. The highest BCUT2D eigenvalue weighted by atomic mass is 32.2. The number of nitrogens with one attached hydrogen (secondary N) is 1. The molecule has 2 rings (SSSR count). The fourth-order valence-corrected chi connectivity index (χ4v) is 4.34. The second-order valence-electron chi connectivity index (χ2n) is 6.35. The van der Waals surface area contributed by atoms with E-state index in [1.807, 2.05) is 17.9 Å². The molecule has 0 spiro atoms. The first-order valence-electron chi connectivity index (χ1n) is 8.17. The van der Waals surface area contributed by atoms with Crippen LogP contribution in [0.2, 0.25) is 0 Å². The molecular formula is C17H26N2O3S. The van der Waals surface area contributed by atoms with Crippen LogP contribution in [0.5, 0.6) is 0 Å². The Morgan fingerprint density at radius 2 is 2.04 bits per heavy atom. The maximum Gasteiger partial charge on any atom is 0.240 e. The number of carbonyl (C=O) groups excluding carboxylic acids is 1.